The van der Waals surface area contributed by atoms with Gasteiger partial charge in [-0.1, -0.05) is 12.8 Å². The van der Waals surface area contributed by atoms with E-state index in [-0.39, 0.29) is 17.1 Å². The van der Waals surface area contributed by atoms with Gasteiger partial charge in [-0.25, -0.2) is 9.97 Å². The van der Waals surface area contributed by atoms with Gasteiger partial charge >= 0.3 is 6.18 Å². The maximum atomic E-state index is 12.7. The fraction of sp³-hybridized carbons (Fsp3) is 0.667. The predicted octanol–water partition coefficient (Wildman–Crippen LogP) is 3.92. The number of anilines is 1. The third-order valence-corrected chi connectivity index (χ3v) is 3.55. The monoisotopic (exact) mass is 293 g/mol. The maximum Gasteiger partial charge on any atom is 0.433 e. The highest BCUT2D eigenvalue weighted by Gasteiger charge is 2.34. The van der Waals surface area contributed by atoms with Crippen molar-refractivity contribution in [1.29, 1.82) is 0 Å². The summed E-state index contributed by atoms with van der Waals surface area (Å²) in [7, 11) is 0. The summed E-state index contributed by atoms with van der Waals surface area (Å²) in [6.45, 7) is 2.51. The molecule has 7 heteroatoms. The minimum Gasteiger partial charge on any atom is -0.354 e. The first kappa shape index (κ1) is 14.4. The summed E-state index contributed by atoms with van der Waals surface area (Å²) >= 11 is 5.61. The van der Waals surface area contributed by atoms with Crippen molar-refractivity contribution >= 4 is 17.4 Å². The molecular formula is C12H15ClF3N3. The van der Waals surface area contributed by atoms with Crippen LogP contribution >= 0.6 is 11.6 Å². The molecule has 1 heterocycles. The van der Waals surface area contributed by atoms with Crippen molar-refractivity contribution in [3.63, 3.8) is 0 Å². The molecule has 1 aliphatic rings. The molecule has 0 unspecified atom stereocenters. The van der Waals surface area contributed by atoms with Gasteiger partial charge in [-0.15, -0.1) is 0 Å². The van der Waals surface area contributed by atoms with Crippen LogP contribution in [0.4, 0.5) is 19.0 Å². The SMILES string of the molecule is CCN(c1cc(C(F)(F)F)nc(Cl)n1)C1CCCC1. The minimum absolute atomic E-state index is 0.247. The van der Waals surface area contributed by atoms with Crippen LogP contribution in [0.25, 0.3) is 0 Å². The van der Waals surface area contributed by atoms with E-state index in [1.54, 1.807) is 0 Å². The van der Waals surface area contributed by atoms with Crippen molar-refractivity contribution in [3.05, 3.63) is 17.0 Å². The fourth-order valence-electron chi connectivity index (χ4n) is 2.52. The van der Waals surface area contributed by atoms with Crippen LogP contribution < -0.4 is 4.90 Å². The van der Waals surface area contributed by atoms with Gasteiger partial charge in [0.15, 0.2) is 5.69 Å². The van der Waals surface area contributed by atoms with Gasteiger partial charge in [0, 0.05) is 18.7 Å². The maximum absolute atomic E-state index is 12.7. The Labute approximate surface area is 114 Å². The highest BCUT2D eigenvalue weighted by molar-refractivity contribution is 6.28. The number of hydrogen-bond donors (Lipinski definition) is 0. The average Bonchev–Trinajstić information content (AvgIpc) is 2.82. The zero-order chi connectivity index (χ0) is 14.0. The standard InChI is InChI=1S/C12H15ClF3N3/c1-2-19(8-5-3-4-6-8)10-7-9(12(14,15)16)17-11(13)18-10/h7-8H,2-6H2,1H3. The van der Waals surface area contributed by atoms with E-state index in [2.05, 4.69) is 9.97 Å². The van der Waals surface area contributed by atoms with E-state index in [1.807, 2.05) is 11.8 Å². The van der Waals surface area contributed by atoms with Gasteiger partial charge in [-0.2, -0.15) is 13.2 Å². The van der Waals surface area contributed by atoms with Crippen LogP contribution in [0.5, 0.6) is 0 Å². The Hall–Kier alpha value is -1.04. The number of nitrogens with zero attached hydrogens (tertiary/aromatic N) is 3. The third kappa shape index (κ3) is 3.29. The molecule has 0 saturated heterocycles. The summed E-state index contributed by atoms with van der Waals surface area (Å²) < 4.78 is 38.2. The summed E-state index contributed by atoms with van der Waals surface area (Å²) in [6, 6.07) is 1.23. The molecule has 0 bridgehead atoms. The summed E-state index contributed by atoms with van der Waals surface area (Å²) in [6.07, 6.45) is -0.331. The lowest BCUT2D eigenvalue weighted by atomic mass is 10.2. The van der Waals surface area contributed by atoms with Gasteiger partial charge in [0.25, 0.3) is 0 Å². The van der Waals surface area contributed by atoms with Crippen LogP contribution in [0.2, 0.25) is 5.28 Å². The zero-order valence-corrected chi connectivity index (χ0v) is 11.3. The molecule has 0 atom stereocenters. The van der Waals surface area contributed by atoms with Crippen LogP contribution in [0.15, 0.2) is 6.07 Å². The lowest BCUT2D eigenvalue weighted by Gasteiger charge is -2.29. The molecule has 1 saturated carbocycles. The van der Waals surface area contributed by atoms with Crippen LogP contribution in [-0.4, -0.2) is 22.6 Å². The lowest BCUT2D eigenvalue weighted by molar-refractivity contribution is -0.141. The molecule has 0 amide bonds. The molecule has 0 N–H and O–H groups in total. The number of aromatic nitrogens is 2. The zero-order valence-electron chi connectivity index (χ0n) is 10.5. The fourth-order valence-corrected chi connectivity index (χ4v) is 2.70. The van der Waals surface area contributed by atoms with Gasteiger partial charge in [-0.05, 0) is 31.4 Å². The van der Waals surface area contributed by atoms with E-state index >= 15 is 0 Å². The van der Waals surface area contributed by atoms with E-state index in [0.29, 0.717) is 6.54 Å². The Morgan fingerprint density at radius 2 is 1.95 bits per heavy atom. The molecule has 1 fully saturated rings. The quantitative estimate of drug-likeness (QED) is 0.791. The molecule has 1 aromatic rings. The first-order chi connectivity index (χ1) is 8.91. The van der Waals surface area contributed by atoms with Crippen molar-refractivity contribution in [2.75, 3.05) is 11.4 Å². The van der Waals surface area contributed by atoms with Crippen molar-refractivity contribution in [3.8, 4) is 0 Å². The number of halogens is 4. The molecule has 1 aromatic heterocycles. The molecule has 3 nitrogen and oxygen atoms in total. The molecule has 0 radical (unpaired) electrons. The lowest BCUT2D eigenvalue weighted by Crippen LogP contribution is -2.34. The van der Waals surface area contributed by atoms with Crippen molar-refractivity contribution in [2.45, 2.75) is 44.8 Å². The van der Waals surface area contributed by atoms with Crippen LogP contribution in [-0.2, 0) is 6.18 Å². The molecule has 0 aromatic carbocycles. The van der Waals surface area contributed by atoms with E-state index in [4.69, 9.17) is 11.6 Å². The third-order valence-electron chi connectivity index (χ3n) is 3.38. The number of alkyl halides is 3. The summed E-state index contributed by atoms with van der Waals surface area (Å²) in [4.78, 5) is 9.08. The van der Waals surface area contributed by atoms with E-state index < -0.39 is 11.9 Å². The second-order valence-corrected chi connectivity index (χ2v) is 4.94. The van der Waals surface area contributed by atoms with E-state index in [1.165, 1.54) is 0 Å². The highest BCUT2D eigenvalue weighted by Crippen LogP contribution is 2.33. The predicted molar refractivity (Wildman–Crippen MR) is 67.3 cm³/mol. The Morgan fingerprint density at radius 3 is 2.47 bits per heavy atom. The van der Waals surface area contributed by atoms with Crippen LogP contribution in [0.3, 0.4) is 0 Å². The minimum atomic E-state index is -4.50. The van der Waals surface area contributed by atoms with Gasteiger partial charge in [0.05, 0.1) is 0 Å². The average molecular weight is 294 g/mol. The second-order valence-electron chi connectivity index (χ2n) is 4.60. The van der Waals surface area contributed by atoms with E-state index in [9.17, 15) is 13.2 Å². The molecule has 2 rings (SSSR count). The normalized spacial score (nSPS) is 16.9. The molecular weight excluding hydrogens is 279 g/mol. The van der Waals surface area contributed by atoms with Crippen molar-refractivity contribution in [1.82, 2.24) is 9.97 Å². The van der Waals surface area contributed by atoms with Crippen molar-refractivity contribution < 1.29 is 13.2 Å². The van der Waals surface area contributed by atoms with Gasteiger partial charge in [0.1, 0.15) is 5.82 Å². The number of hydrogen-bond acceptors (Lipinski definition) is 3. The number of rotatable bonds is 3. The smallest absolute Gasteiger partial charge is 0.354 e. The van der Waals surface area contributed by atoms with Crippen LogP contribution in [0, 0.1) is 0 Å². The Bertz CT molecular complexity index is 444. The van der Waals surface area contributed by atoms with Crippen molar-refractivity contribution in [2.24, 2.45) is 0 Å². The summed E-state index contributed by atoms with van der Waals surface area (Å²) in [5, 5.41) is -0.360. The molecule has 106 valence electrons. The molecule has 1 aliphatic carbocycles. The molecule has 0 spiro atoms. The Balaban J connectivity index is 2.34. The second kappa shape index (κ2) is 5.53. The summed E-state index contributed by atoms with van der Waals surface area (Å²) in [5.74, 6) is 0.265. The van der Waals surface area contributed by atoms with Gasteiger partial charge in [-0.3, -0.25) is 0 Å². The summed E-state index contributed by atoms with van der Waals surface area (Å²) in [5.41, 5.74) is -0.987. The molecule has 0 aliphatic heterocycles. The highest BCUT2D eigenvalue weighted by atomic mass is 35.5. The molecule has 19 heavy (non-hydrogen) atoms. The van der Waals surface area contributed by atoms with E-state index in [0.717, 1.165) is 31.7 Å². The Morgan fingerprint density at radius 1 is 1.32 bits per heavy atom. The Kier molecular flexibility index (Phi) is 4.18. The first-order valence-electron chi connectivity index (χ1n) is 6.30. The van der Waals surface area contributed by atoms with Crippen LogP contribution in [0.1, 0.15) is 38.3 Å². The van der Waals surface area contributed by atoms with Gasteiger partial charge < -0.3 is 4.90 Å². The first-order valence-corrected chi connectivity index (χ1v) is 6.68. The van der Waals surface area contributed by atoms with Gasteiger partial charge in [0.2, 0.25) is 5.28 Å². The largest absolute Gasteiger partial charge is 0.433 e. The topological polar surface area (TPSA) is 29.0 Å².